The lowest BCUT2D eigenvalue weighted by atomic mass is 9.88. The number of aromatic hydroxyl groups is 1. The molecule has 4 aromatic carbocycles. The zero-order chi connectivity index (χ0) is 34.9. The molecule has 9 nitrogen and oxygen atoms in total. The highest BCUT2D eigenvalue weighted by Crippen LogP contribution is 2.36. The minimum Gasteiger partial charge on any atom is -0.508 e. The highest BCUT2D eigenvalue weighted by molar-refractivity contribution is 6.05. The molecule has 2 aliphatic rings. The number of imide groups is 1. The van der Waals surface area contributed by atoms with Gasteiger partial charge >= 0.3 is 0 Å². The number of amides is 3. The fraction of sp³-hybridized carbons (Fsp3) is 0.293. The van der Waals surface area contributed by atoms with Crippen LogP contribution in [0.3, 0.4) is 0 Å². The van der Waals surface area contributed by atoms with Gasteiger partial charge in [-0.05, 0) is 77.1 Å². The quantitative estimate of drug-likeness (QED) is 0.0812. The fourth-order valence-electron chi connectivity index (χ4n) is 6.51. The van der Waals surface area contributed by atoms with Crippen molar-refractivity contribution in [3.63, 3.8) is 0 Å². The SMILES string of the molecule is CCC(=C(c1ccc(O)cc1)c1ccc(OCCCOCCCOc2cccc3c2CN(C2CCC(=O)NC2=O)C3=O)cc1)c1ccccc1. The summed E-state index contributed by atoms with van der Waals surface area (Å²) in [5.74, 6) is 0.701. The number of benzene rings is 4. The molecular weight excluding hydrogens is 632 g/mol. The second-order valence-corrected chi connectivity index (χ2v) is 12.3. The standard InChI is InChI=1S/C41H42N2O7/c1-2-33(28-9-4-3-5-10-28)39(29-13-17-31(44)18-14-29)30-15-19-32(20-16-30)49-25-7-23-48-24-8-26-50-37-12-6-11-34-35(37)27-43(41(34)47)36-21-22-38(45)42-40(36)46/h3-6,9-20,36,44H,2,7-8,21-27H2,1H3,(H,42,45,46). The molecule has 0 aliphatic carbocycles. The average Bonchev–Trinajstić information content (AvgIpc) is 3.47. The summed E-state index contributed by atoms with van der Waals surface area (Å²) >= 11 is 0. The van der Waals surface area contributed by atoms with Crippen molar-refractivity contribution in [2.75, 3.05) is 26.4 Å². The van der Waals surface area contributed by atoms with Crippen LogP contribution in [0, 0.1) is 0 Å². The molecule has 4 aromatic rings. The molecule has 2 aliphatic heterocycles. The van der Waals surface area contributed by atoms with Crippen molar-refractivity contribution in [1.29, 1.82) is 0 Å². The molecule has 0 spiro atoms. The number of carbonyl (C=O) groups excluding carboxylic acids is 3. The Morgan fingerprint density at radius 3 is 2.14 bits per heavy atom. The maximum Gasteiger partial charge on any atom is 0.255 e. The van der Waals surface area contributed by atoms with Crippen LogP contribution >= 0.6 is 0 Å². The summed E-state index contributed by atoms with van der Waals surface area (Å²) in [5.41, 5.74) is 6.94. The van der Waals surface area contributed by atoms with Crippen LogP contribution in [0.25, 0.3) is 11.1 Å². The number of carbonyl (C=O) groups is 3. The zero-order valence-corrected chi connectivity index (χ0v) is 28.2. The van der Waals surface area contributed by atoms with Gasteiger partial charge in [-0.25, -0.2) is 0 Å². The monoisotopic (exact) mass is 674 g/mol. The van der Waals surface area contributed by atoms with Gasteiger partial charge in [0.15, 0.2) is 0 Å². The van der Waals surface area contributed by atoms with Crippen molar-refractivity contribution in [3.05, 3.63) is 125 Å². The first-order chi connectivity index (χ1) is 24.4. The molecule has 2 N–H and O–H groups in total. The number of ether oxygens (including phenoxy) is 3. The lowest BCUT2D eigenvalue weighted by molar-refractivity contribution is -0.136. The molecule has 1 saturated heterocycles. The molecule has 3 amide bonds. The fourth-order valence-corrected chi connectivity index (χ4v) is 6.51. The number of fused-ring (bicyclic) bond motifs is 1. The van der Waals surface area contributed by atoms with E-state index in [0.717, 1.165) is 40.9 Å². The zero-order valence-electron chi connectivity index (χ0n) is 28.2. The van der Waals surface area contributed by atoms with E-state index in [1.165, 1.54) is 16.0 Å². The predicted octanol–water partition coefficient (Wildman–Crippen LogP) is 6.78. The largest absolute Gasteiger partial charge is 0.508 e. The van der Waals surface area contributed by atoms with Crippen molar-refractivity contribution in [1.82, 2.24) is 10.2 Å². The maximum absolute atomic E-state index is 13.0. The molecule has 1 atom stereocenters. The number of phenols is 1. The summed E-state index contributed by atoms with van der Waals surface area (Å²) in [7, 11) is 0. The molecule has 6 rings (SSSR count). The number of phenolic OH excluding ortho intramolecular Hbond substituents is 1. The smallest absolute Gasteiger partial charge is 0.255 e. The normalized spacial score (nSPS) is 16.1. The van der Waals surface area contributed by atoms with Gasteiger partial charge in [-0.2, -0.15) is 0 Å². The molecule has 1 unspecified atom stereocenters. The van der Waals surface area contributed by atoms with Crippen LogP contribution in [0.5, 0.6) is 17.2 Å². The van der Waals surface area contributed by atoms with Gasteiger partial charge in [-0.3, -0.25) is 19.7 Å². The van der Waals surface area contributed by atoms with Gasteiger partial charge in [-0.1, -0.05) is 67.6 Å². The number of piperidine rings is 1. The number of allylic oxidation sites excluding steroid dienone is 1. The molecule has 258 valence electrons. The summed E-state index contributed by atoms with van der Waals surface area (Å²) in [6.07, 6.45) is 2.81. The van der Waals surface area contributed by atoms with Crippen molar-refractivity contribution in [3.8, 4) is 17.2 Å². The Morgan fingerprint density at radius 1 is 0.780 bits per heavy atom. The third-order valence-electron chi connectivity index (χ3n) is 9.01. The van der Waals surface area contributed by atoms with Crippen LogP contribution in [0.2, 0.25) is 0 Å². The van der Waals surface area contributed by atoms with E-state index in [2.05, 4.69) is 48.6 Å². The van der Waals surface area contributed by atoms with Gasteiger partial charge in [0.05, 0.1) is 19.8 Å². The summed E-state index contributed by atoms with van der Waals surface area (Å²) in [6, 6.07) is 30.6. The summed E-state index contributed by atoms with van der Waals surface area (Å²) in [4.78, 5) is 38.5. The van der Waals surface area contributed by atoms with E-state index in [1.54, 1.807) is 24.3 Å². The van der Waals surface area contributed by atoms with Crippen molar-refractivity contribution in [2.24, 2.45) is 0 Å². The molecule has 2 heterocycles. The number of nitrogens with one attached hydrogen (secondary N) is 1. The first-order valence-electron chi connectivity index (χ1n) is 17.2. The van der Waals surface area contributed by atoms with Crippen LogP contribution in [0.4, 0.5) is 0 Å². The number of hydrogen-bond acceptors (Lipinski definition) is 7. The van der Waals surface area contributed by atoms with Crippen molar-refractivity contribution >= 4 is 28.9 Å². The molecule has 0 bridgehead atoms. The molecule has 9 heteroatoms. The molecule has 0 saturated carbocycles. The molecule has 50 heavy (non-hydrogen) atoms. The first kappa shape index (κ1) is 34.5. The third-order valence-corrected chi connectivity index (χ3v) is 9.01. The van der Waals surface area contributed by atoms with Crippen LogP contribution in [-0.4, -0.2) is 60.2 Å². The molecule has 1 fully saturated rings. The van der Waals surface area contributed by atoms with E-state index >= 15 is 0 Å². The van der Waals surface area contributed by atoms with E-state index in [-0.39, 0.29) is 30.5 Å². The number of hydrogen-bond donors (Lipinski definition) is 2. The Labute approximate surface area is 292 Å². The lowest BCUT2D eigenvalue weighted by Crippen LogP contribution is -2.52. The van der Waals surface area contributed by atoms with E-state index in [9.17, 15) is 19.5 Å². The van der Waals surface area contributed by atoms with Gasteiger partial charge in [0.25, 0.3) is 5.91 Å². The third kappa shape index (κ3) is 8.06. The van der Waals surface area contributed by atoms with Gasteiger partial charge in [-0.15, -0.1) is 0 Å². The lowest BCUT2D eigenvalue weighted by Gasteiger charge is -2.29. The Hall–Kier alpha value is -5.41. The van der Waals surface area contributed by atoms with E-state index in [1.807, 2.05) is 36.4 Å². The second kappa shape index (κ2) is 16.3. The van der Waals surface area contributed by atoms with Gasteiger partial charge in [0, 0.05) is 43.6 Å². The minimum absolute atomic E-state index is 0.217. The van der Waals surface area contributed by atoms with Crippen molar-refractivity contribution in [2.45, 2.75) is 51.6 Å². The predicted molar refractivity (Wildman–Crippen MR) is 191 cm³/mol. The molecule has 0 radical (unpaired) electrons. The molecule has 0 aromatic heterocycles. The minimum atomic E-state index is -0.655. The van der Waals surface area contributed by atoms with Crippen LogP contribution in [0.1, 0.15) is 71.6 Å². The van der Waals surface area contributed by atoms with Crippen LogP contribution in [0.15, 0.2) is 97.1 Å². The average molecular weight is 675 g/mol. The topological polar surface area (TPSA) is 114 Å². The second-order valence-electron chi connectivity index (χ2n) is 12.3. The van der Waals surface area contributed by atoms with Gasteiger partial charge in [0.1, 0.15) is 23.3 Å². The Morgan fingerprint density at radius 2 is 1.46 bits per heavy atom. The van der Waals surface area contributed by atoms with Gasteiger partial charge in [0.2, 0.25) is 11.8 Å². The Kier molecular flexibility index (Phi) is 11.3. The van der Waals surface area contributed by atoms with Crippen molar-refractivity contribution < 1.29 is 33.7 Å². The van der Waals surface area contributed by atoms with Crippen LogP contribution in [-0.2, 0) is 20.9 Å². The highest BCUT2D eigenvalue weighted by atomic mass is 16.5. The Balaban J connectivity index is 0.943. The summed E-state index contributed by atoms with van der Waals surface area (Å²) in [6.45, 7) is 4.47. The van der Waals surface area contributed by atoms with E-state index in [0.29, 0.717) is 50.6 Å². The first-order valence-corrected chi connectivity index (χ1v) is 17.2. The van der Waals surface area contributed by atoms with E-state index < -0.39 is 11.9 Å². The van der Waals surface area contributed by atoms with Crippen LogP contribution < -0.4 is 14.8 Å². The van der Waals surface area contributed by atoms with E-state index in [4.69, 9.17) is 14.2 Å². The Bertz CT molecular complexity index is 1840. The summed E-state index contributed by atoms with van der Waals surface area (Å²) < 4.78 is 17.8. The number of nitrogens with zero attached hydrogens (tertiary/aromatic N) is 1. The molecular formula is C41H42N2O7. The summed E-state index contributed by atoms with van der Waals surface area (Å²) in [5, 5.41) is 12.2. The highest BCUT2D eigenvalue weighted by Gasteiger charge is 2.40. The van der Waals surface area contributed by atoms with Gasteiger partial charge < -0.3 is 24.2 Å². The maximum atomic E-state index is 13.0. The number of rotatable bonds is 15.